The van der Waals surface area contributed by atoms with Crippen LogP contribution in [-0.4, -0.2) is 67.3 Å². The van der Waals surface area contributed by atoms with Crippen LogP contribution in [0.5, 0.6) is 11.5 Å². The SMILES string of the molecule is COCCN(CC(=O)Nc1nc(-c2ccc(OC)cc2)cn1-c1ccc(OC)cc1)C(=O)CC(C)C. The molecule has 0 unspecified atom stereocenters. The van der Waals surface area contributed by atoms with Crippen molar-refractivity contribution in [3.63, 3.8) is 0 Å². The van der Waals surface area contributed by atoms with Gasteiger partial charge >= 0.3 is 0 Å². The van der Waals surface area contributed by atoms with Crippen LogP contribution in [0.4, 0.5) is 5.95 Å². The lowest BCUT2D eigenvalue weighted by Gasteiger charge is -2.22. The summed E-state index contributed by atoms with van der Waals surface area (Å²) < 4.78 is 17.4. The third kappa shape index (κ3) is 7.08. The van der Waals surface area contributed by atoms with Crippen molar-refractivity contribution in [1.29, 1.82) is 0 Å². The average Bonchev–Trinajstić information content (AvgIpc) is 3.29. The maximum atomic E-state index is 13.1. The number of ether oxygens (including phenoxy) is 3. The van der Waals surface area contributed by atoms with Crippen molar-refractivity contribution in [3.05, 3.63) is 54.7 Å². The molecule has 36 heavy (non-hydrogen) atoms. The van der Waals surface area contributed by atoms with E-state index in [1.54, 1.807) is 25.9 Å². The van der Waals surface area contributed by atoms with E-state index in [0.29, 0.717) is 31.2 Å². The minimum absolute atomic E-state index is 0.0883. The summed E-state index contributed by atoms with van der Waals surface area (Å²) in [5.74, 6) is 1.56. The molecular weight excluding hydrogens is 460 g/mol. The molecule has 3 aromatic rings. The Kier molecular flexibility index (Phi) is 9.46. The second-order valence-electron chi connectivity index (χ2n) is 8.70. The number of methoxy groups -OCH3 is 3. The van der Waals surface area contributed by atoms with Crippen molar-refractivity contribution in [3.8, 4) is 28.4 Å². The topological polar surface area (TPSA) is 94.9 Å². The van der Waals surface area contributed by atoms with Crippen LogP contribution in [-0.2, 0) is 14.3 Å². The van der Waals surface area contributed by atoms with Crippen LogP contribution in [0.1, 0.15) is 20.3 Å². The van der Waals surface area contributed by atoms with E-state index in [0.717, 1.165) is 22.7 Å². The van der Waals surface area contributed by atoms with E-state index >= 15 is 0 Å². The molecular formula is C27H34N4O5. The molecule has 2 amide bonds. The fourth-order valence-electron chi connectivity index (χ4n) is 3.62. The number of imidazole rings is 1. The number of hydrogen-bond donors (Lipinski definition) is 1. The molecule has 1 N–H and O–H groups in total. The van der Waals surface area contributed by atoms with E-state index in [-0.39, 0.29) is 24.3 Å². The van der Waals surface area contributed by atoms with Crippen molar-refractivity contribution in [2.24, 2.45) is 5.92 Å². The number of hydrogen-bond acceptors (Lipinski definition) is 6. The summed E-state index contributed by atoms with van der Waals surface area (Å²) in [5.41, 5.74) is 2.34. The van der Waals surface area contributed by atoms with Gasteiger partial charge in [0.1, 0.15) is 18.0 Å². The lowest BCUT2D eigenvalue weighted by Crippen LogP contribution is -2.40. The normalized spacial score (nSPS) is 10.8. The molecule has 3 rings (SSSR count). The molecule has 0 radical (unpaired) electrons. The first-order valence-electron chi connectivity index (χ1n) is 11.8. The van der Waals surface area contributed by atoms with Gasteiger partial charge in [0.15, 0.2) is 0 Å². The molecule has 0 spiro atoms. The lowest BCUT2D eigenvalue weighted by molar-refractivity contribution is -0.136. The number of nitrogens with zero attached hydrogens (tertiary/aromatic N) is 3. The first kappa shape index (κ1) is 26.7. The molecule has 192 valence electrons. The van der Waals surface area contributed by atoms with Gasteiger partial charge in [0.25, 0.3) is 0 Å². The number of benzene rings is 2. The van der Waals surface area contributed by atoms with Gasteiger partial charge in [-0.1, -0.05) is 13.8 Å². The molecule has 0 aliphatic heterocycles. The first-order chi connectivity index (χ1) is 17.3. The number of carbonyl (C=O) groups is 2. The lowest BCUT2D eigenvalue weighted by atomic mass is 10.1. The van der Waals surface area contributed by atoms with E-state index in [1.165, 1.54) is 4.90 Å². The summed E-state index contributed by atoms with van der Waals surface area (Å²) in [4.78, 5) is 31.9. The highest BCUT2D eigenvalue weighted by atomic mass is 16.5. The van der Waals surface area contributed by atoms with Gasteiger partial charge in [-0.05, 0) is 54.4 Å². The van der Waals surface area contributed by atoms with Crippen molar-refractivity contribution >= 4 is 17.8 Å². The Bertz CT molecular complexity index is 1140. The van der Waals surface area contributed by atoms with Gasteiger partial charge in [-0.25, -0.2) is 4.98 Å². The summed E-state index contributed by atoms with van der Waals surface area (Å²) in [6.07, 6.45) is 2.21. The Balaban J connectivity index is 1.89. The number of carbonyl (C=O) groups excluding carboxylic acids is 2. The van der Waals surface area contributed by atoms with Gasteiger partial charge in [0, 0.05) is 37.5 Å². The highest BCUT2D eigenvalue weighted by Crippen LogP contribution is 2.27. The molecule has 1 aromatic heterocycles. The van der Waals surface area contributed by atoms with Crippen molar-refractivity contribution < 1.29 is 23.8 Å². The Labute approximate surface area is 212 Å². The molecule has 0 fully saturated rings. The smallest absolute Gasteiger partial charge is 0.246 e. The Morgan fingerprint density at radius 3 is 2.14 bits per heavy atom. The molecule has 0 atom stereocenters. The number of rotatable bonds is 12. The summed E-state index contributed by atoms with van der Waals surface area (Å²) in [7, 11) is 4.79. The van der Waals surface area contributed by atoms with E-state index in [4.69, 9.17) is 14.2 Å². The first-order valence-corrected chi connectivity index (χ1v) is 11.8. The van der Waals surface area contributed by atoms with Gasteiger partial charge in [0.2, 0.25) is 17.8 Å². The van der Waals surface area contributed by atoms with Gasteiger partial charge in [-0.15, -0.1) is 0 Å². The summed E-state index contributed by atoms with van der Waals surface area (Å²) in [5, 5.41) is 2.89. The van der Waals surface area contributed by atoms with Gasteiger partial charge < -0.3 is 19.1 Å². The van der Waals surface area contributed by atoms with Crippen molar-refractivity contribution in [2.45, 2.75) is 20.3 Å². The van der Waals surface area contributed by atoms with Crippen molar-refractivity contribution in [1.82, 2.24) is 14.5 Å². The number of nitrogens with one attached hydrogen (secondary N) is 1. The minimum Gasteiger partial charge on any atom is -0.497 e. The van der Waals surface area contributed by atoms with Crippen LogP contribution in [0.25, 0.3) is 16.9 Å². The van der Waals surface area contributed by atoms with E-state index in [1.807, 2.05) is 68.6 Å². The molecule has 9 nitrogen and oxygen atoms in total. The highest BCUT2D eigenvalue weighted by molar-refractivity contribution is 5.94. The number of aromatic nitrogens is 2. The summed E-state index contributed by atoms with van der Waals surface area (Å²) >= 11 is 0. The van der Waals surface area contributed by atoms with E-state index < -0.39 is 0 Å². The van der Waals surface area contributed by atoms with Crippen LogP contribution >= 0.6 is 0 Å². The second-order valence-corrected chi connectivity index (χ2v) is 8.70. The quantitative estimate of drug-likeness (QED) is 0.409. The maximum Gasteiger partial charge on any atom is 0.246 e. The monoisotopic (exact) mass is 494 g/mol. The Morgan fingerprint density at radius 2 is 1.58 bits per heavy atom. The summed E-state index contributed by atoms with van der Waals surface area (Å²) in [6.45, 7) is 4.53. The van der Waals surface area contributed by atoms with E-state index in [9.17, 15) is 9.59 Å². The summed E-state index contributed by atoms with van der Waals surface area (Å²) in [6, 6.07) is 15.0. The molecule has 0 aliphatic carbocycles. The molecule has 0 bridgehead atoms. The average molecular weight is 495 g/mol. The zero-order chi connectivity index (χ0) is 26.1. The van der Waals surface area contributed by atoms with Crippen LogP contribution in [0.3, 0.4) is 0 Å². The molecule has 1 heterocycles. The van der Waals surface area contributed by atoms with Gasteiger partial charge in [-0.3, -0.25) is 19.5 Å². The van der Waals surface area contributed by atoms with Gasteiger partial charge in [-0.2, -0.15) is 0 Å². The Morgan fingerprint density at radius 1 is 0.972 bits per heavy atom. The fraction of sp³-hybridized carbons (Fsp3) is 0.370. The standard InChI is InChI=1S/C27H34N4O5/c1-19(2)16-26(33)30(14-15-34-3)18-25(32)29-27-28-24(20-6-10-22(35-4)11-7-20)17-31(27)21-8-12-23(36-5)13-9-21/h6-13,17,19H,14-16,18H2,1-5H3,(H,28,29,32). The molecule has 9 heteroatoms. The Hall–Kier alpha value is -3.85. The van der Waals surface area contributed by atoms with Crippen LogP contribution in [0.2, 0.25) is 0 Å². The fourth-order valence-corrected chi connectivity index (χ4v) is 3.62. The third-order valence-electron chi connectivity index (χ3n) is 5.53. The second kappa shape index (κ2) is 12.7. The zero-order valence-electron chi connectivity index (χ0n) is 21.5. The van der Waals surface area contributed by atoms with E-state index in [2.05, 4.69) is 10.3 Å². The van der Waals surface area contributed by atoms with Crippen LogP contribution < -0.4 is 14.8 Å². The third-order valence-corrected chi connectivity index (χ3v) is 5.53. The molecule has 2 aromatic carbocycles. The van der Waals surface area contributed by atoms with Crippen LogP contribution in [0, 0.1) is 5.92 Å². The highest BCUT2D eigenvalue weighted by Gasteiger charge is 2.20. The molecule has 0 saturated carbocycles. The van der Waals surface area contributed by atoms with Crippen LogP contribution in [0.15, 0.2) is 54.7 Å². The minimum atomic E-state index is -0.343. The van der Waals surface area contributed by atoms with Crippen molar-refractivity contribution in [2.75, 3.05) is 46.3 Å². The molecule has 0 aliphatic rings. The predicted octanol–water partition coefficient (Wildman–Crippen LogP) is 4.02. The largest absolute Gasteiger partial charge is 0.497 e. The predicted molar refractivity (Wildman–Crippen MR) is 139 cm³/mol. The number of amides is 2. The van der Waals surface area contributed by atoms with Gasteiger partial charge in [0.05, 0.1) is 26.5 Å². The molecule has 0 saturated heterocycles. The zero-order valence-corrected chi connectivity index (χ0v) is 21.5. The maximum absolute atomic E-state index is 13.1. The number of anilines is 1.